The third-order valence-electron chi connectivity index (χ3n) is 13.3. The van der Waals surface area contributed by atoms with Gasteiger partial charge < -0.3 is 25.7 Å². The molecule has 0 fully saturated rings. The van der Waals surface area contributed by atoms with Crippen LogP contribution in [-0.4, -0.2) is 57.3 Å². The fourth-order valence-corrected chi connectivity index (χ4v) is 8.83. The molecule has 4 atom stereocenters. The van der Waals surface area contributed by atoms with E-state index in [1.807, 2.05) is 0 Å². The number of aliphatic hydroxyl groups is 4. The lowest BCUT2D eigenvalue weighted by molar-refractivity contribution is -0.132. The van der Waals surface area contributed by atoms with Crippen LogP contribution in [0.2, 0.25) is 0 Å². The van der Waals surface area contributed by atoms with Gasteiger partial charge in [-0.15, -0.1) is 0 Å². The Morgan fingerprint density at radius 2 is 0.656 bits per heavy atom. The summed E-state index contributed by atoms with van der Waals surface area (Å²) in [7, 11) is 0. The molecule has 0 heterocycles. The number of carbonyl (C=O) groups excluding carboxylic acids is 1. The van der Waals surface area contributed by atoms with Gasteiger partial charge in [0.05, 0.1) is 18.8 Å². The predicted molar refractivity (Wildman–Crippen MR) is 279 cm³/mol. The Kier molecular flexibility index (Phi) is 51.3. The number of rotatable bonds is 52. The molecule has 0 aliphatic carbocycles. The van der Waals surface area contributed by atoms with Gasteiger partial charge in [0.25, 0.3) is 0 Å². The largest absolute Gasteiger partial charge is 0.394 e. The van der Waals surface area contributed by atoms with Crippen molar-refractivity contribution in [2.24, 2.45) is 0 Å². The van der Waals surface area contributed by atoms with Crippen molar-refractivity contribution < 1.29 is 25.2 Å². The molecule has 0 aromatic carbocycles. The first-order valence-electron chi connectivity index (χ1n) is 28.4. The molecule has 5 N–H and O–H groups in total. The zero-order valence-electron chi connectivity index (χ0n) is 42.8. The summed E-state index contributed by atoms with van der Waals surface area (Å²) in [6.45, 7) is 4.06. The third kappa shape index (κ3) is 45.7. The van der Waals surface area contributed by atoms with Gasteiger partial charge in [0.1, 0.15) is 12.2 Å². The minimum Gasteiger partial charge on any atom is -0.394 e. The van der Waals surface area contributed by atoms with Gasteiger partial charge >= 0.3 is 0 Å². The lowest BCUT2D eigenvalue weighted by Crippen LogP contribution is -2.53. The number of unbranched alkanes of at least 4 members (excludes halogenated alkanes) is 37. The molecule has 6 heteroatoms. The molecule has 0 bridgehead atoms. The molecule has 1 amide bonds. The van der Waals surface area contributed by atoms with Crippen LogP contribution < -0.4 is 5.32 Å². The van der Waals surface area contributed by atoms with E-state index in [2.05, 4.69) is 55.6 Å². The van der Waals surface area contributed by atoms with E-state index in [-0.39, 0.29) is 0 Å². The Balaban J connectivity index is 3.63. The summed E-state index contributed by atoms with van der Waals surface area (Å²) < 4.78 is 0. The molecular formula is C58H111NO5. The minimum absolute atomic E-state index is 0.361. The van der Waals surface area contributed by atoms with E-state index in [0.29, 0.717) is 19.3 Å². The number of nitrogens with one attached hydrogen (secondary N) is 1. The van der Waals surface area contributed by atoms with Crippen molar-refractivity contribution in [1.82, 2.24) is 5.32 Å². The molecule has 64 heavy (non-hydrogen) atoms. The molecule has 0 saturated carbocycles. The Morgan fingerprint density at radius 1 is 0.375 bits per heavy atom. The van der Waals surface area contributed by atoms with Crippen LogP contribution in [0.4, 0.5) is 0 Å². The van der Waals surface area contributed by atoms with E-state index >= 15 is 0 Å². The van der Waals surface area contributed by atoms with Gasteiger partial charge in [-0.3, -0.25) is 4.79 Å². The van der Waals surface area contributed by atoms with E-state index < -0.39 is 36.9 Å². The van der Waals surface area contributed by atoms with Crippen molar-refractivity contribution in [2.45, 2.75) is 321 Å². The molecule has 4 unspecified atom stereocenters. The van der Waals surface area contributed by atoms with Gasteiger partial charge in [0.15, 0.2) is 0 Å². The van der Waals surface area contributed by atoms with Crippen molar-refractivity contribution in [1.29, 1.82) is 0 Å². The first-order valence-corrected chi connectivity index (χ1v) is 28.4. The molecular weight excluding hydrogens is 791 g/mol. The summed E-state index contributed by atoms with van der Waals surface area (Å²) in [6, 6.07) is -1.01. The van der Waals surface area contributed by atoms with E-state index in [4.69, 9.17) is 0 Å². The van der Waals surface area contributed by atoms with Crippen molar-refractivity contribution in [3.63, 3.8) is 0 Å². The highest BCUT2D eigenvalue weighted by molar-refractivity contribution is 5.80. The Bertz CT molecular complexity index is 1010. The number of hydrogen-bond donors (Lipinski definition) is 5. The van der Waals surface area contributed by atoms with Crippen LogP contribution in [0.15, 0.2) is 36.5 Å². The van der Waals surface area contributed by atoms with E-state index in [9.17, 15) is 25.2 Å². The first-order chi connectivity index (χ1) is 31.5. The maximum absolute atomic E-state index is 12.6. The summed E-state index contributed by atoms with van der Waals surface area (Å²) in [4.78, 5) is 12.6. The third-order valence-corrected chi connectivity index (χ3v) is 13.3. The van der Waals surface area contributed by atoms with Crippen LogP contribution in [-0.2, 0) is 4.79 Å². The highest BCUT2D eigenvalue weighted by Crippen LogP contribution is 2.17. The predicted octanol–water partition coefficient (Wildman–Crippen LogP) is 16.4. The van der Waals surface area contributed by atoms with Crippen LogP contribution >= 0.6 is 0 Å². The Labute approximate surface area is 398 Å². The van der Waals surface area contributed by atoms with Crippen molar-refractivity contribution in [3.8, 4) is 0 Å². The van der Waals surface area contributed by atoms with Crippen LogP contribution in [0, 0.1) is 0 Å². The van der Waals surface area contributed by atoms with Gasteiger partial charge in [-0.25, -0.2) is 0 Å². The number of aliphatic hydroxyl groups excluding tert-OH is 4. The van der Waals surface area contributed by atoms with Crippen molar-refractivity contribution >= 4 is 5.91 Å². The quantitative estimate of drug-likeness (QED) is 0.0309. The number of allylic oxidation sites excluding steroid dienone is 6. The van der Waals surface area contributed by atoms with Crippen LogP contribution in [0.3, 0.4) is 0 Å². The lowest BCUT2D eigenvalue weighted by atomic mass is 10.00. The van der Waals surface area contributed by atoms with Crippen molar-refractivity contribution in [2.75, 3.05) is 6.61 Å². The zero-order valence-corrected chi connectivity index (χ0v) is 42.8. The van der Waals surface area contributed by atoms with E-state index in [1.54, 1.807) is 0 Å². The van der Waals surface area contributed by atoms with Crippen LogP contribution in [0.5, 0.6) is 0 Å². The minimum atomic E-state index is -1.29. The number of hydrogen-bond acceptors (Lipinski definition) is 5. The summed E-state index contributed by atoms with van der Waals surface area (Å²) in [5, 5.41) is 43.9. The molecule has 0 aliphatic rings. The fourth-order valence-electron chi connectivity index (χ4n) is 8.83. The topological polar surface area (TPSA) is 110 Å². The second-order valence-corrected chi connectivity index (χ2v) is 19.6. The number of amides is 1. The zero-order chi connectivity index (χ0) is 46.7. The SMILES string of the molecule is CCCCCCCCCCC/C=C/CC/C=C/CCCC(O)C(O)C(CO)NC(=O)C(O)CCCCCCCCCCCCCCCC/C=C\CCCCCCCCCCCCCC. The standard InChI is InChI=1S/C58H111NO5/c1-3-5-7-9-11-13-15-17-19-21-23-24-25-26-27-28-29-30-31-32-33-34-36-38-40-42-44-46-48-50-52-56(62)58(64)59-54(53-60)57(63)55(61)51-49-47-45-43-41-39-37-35-22-20-18-16-14-12-10-8-6-4-2/h26-27,35,37,43,45,54-57,60-63H,3-25,28-34,36,38-42,44,46-53H2,1-2H3,(H,59,64)/b27-26-,37-35+,45-43+. The highest BCUT2D eigenvalue weighted by atomic mass is 16.3. The summed E-state index contributed by atoms with van der Waals surface area (Å²) in [6.07, 6.45) is 65.1. The average Bonchev–Trinajstić information content (AvgIpc) is 3.30. The lowest BCUT2D eigenvalue weighted by Gasteiger charge is -2.27. The molecule has 0 aromatic heterocycles. The Hall–Kier alpha value is -1.47. The highest BCUT2D eigenvalue weighted by Gasteiger charge is 2.28. The van der Waals surface area contributed by atoms with E-state index in [1.165, 1.54) is 225 Å². The first kappa shape index (κ1) is 62.5. The molecule has 6 nitrogen and oxygen atoms in total. The van der Waals surface area contributed by atoms with Crippen LogP contribution in [0.1, 0.15) is 296 Å². The maximum Gasteiger partial charge on any atom is 0.249 e. The van der Waals surface area contributed by atoms with Gasteiger partial charge in [0.2, 0.25) is 5.91 Å². The van der Waals surface area contributed by atoms with Gasteiger partial charge in [-0.1, -0.05) is 256 Å². The summed E-state index contributed by atoms with van der Waals surface area (Å²) in [5.41, 5.74) is 0. The van der Waals surface area contributed by atoms with Gasteiger partial charge in [-0.2, -0.15) is 0 Å². The van der Waals surface area contributed by atoms with E-state index in [0.717, 1.165) is 38.5 Å². The van der Waals surface area contributed by atoms with Crippen LogP contribution in [0.25, 0.3) is 0 Å². The number of carbonyl (C=O) groups is 1. The molecule has 0 saturated heterocycles. The second kappa shape index (κ2) is 52.5. The van der Waals surface area contributed by atoms with Gasteiger partial charge in [0, 0.05) is 0 Å². The molecule has 378 valence electrons. The van der Waals surface area contributed by atoms with Crippen molar-refractivity contribution in [3.05, 3.63) is 36.5 Å². The smallest absolute Gasteiger partial charge is 0.249 e. The summed E-state index contributed by atoms with van der Waals surface area (Å²) >= 11 is 0. The average molecular weight is 903 g/mol. The van der Waals surface area contributed by atoms with Gasteiger partial charge in [-0.05, 0) is 77.0 Å². The molecule has 0 aliphatic heterocycles. The second-order valence-electron chi connectivity index (χ2n) is 19.6. The summed E-state index contributed by atoms with van der Waals surface area (Å²) in [5.74, 6) is -0.594. The normalized spacial score (nSPS) is 14.0. The molecule has 0 spiro atoms. The molecule has 0 aromatic rings. The Morgan fingerprint density at radius 3 is 0.984 bits per heavy atom. The monoisotopic (exact) mass is 902 g/mol. The maximum atomic E-state index is 12.6. The molecule has 0 radical (unpaired) electrons. The molecule has 0 rings (SSSR count). The fraction of sp³-hybridized carbons (Fsp3) is 0.879.